The van der Waals surface area contributed by atoms with Gasteiger partial charge in [0.25, 0.3) is 0 Å². The highest BCUT2D eigenvalue weighted by Gasteiger charge is 2.13. The molecule has 0 saturated carbocycles. The van der Waals surface area contributed by atoms with Crippen LogP contribution in [0.15, 0.2) is 0 Å². The molecule has 0 atom stereocenters. The van der Waals surface area contributed by atoms with Crippen molar-refractivity contribution in [1.29, 1.82) is 0 Å². The lowest BCUT2D eigenvalue weighted by atomic mass is 10.0. The van der Waals surface area contributed by atoms with Gasteiger partial charge in [-0.05, 0) is 12.8 Å². The average molecular weight is 422 g/mol. The van der Waals surface area contributed by atoms with Crippen LogP contribution in [0.2, 0.25) is 0 Å². The van der Waals surface area contributed by atoms with Gasteiger partial charge in [0.15, 0.2) is 0 Å². The normalized spacial score (nSPS) is 11.6. The molecule has 0 heterocycles. The van der Waals surface area contributed by atoms with Crippen LogP contribution in [0.25, 0.3) is 0 Å². The van der Waals surface area contributed by atoms with Crippen LogP contribution in [0.3, 0.4) is 0 Å². The molecule has 0 aliphatic carbocycles. The molecular weight excluding hydrogens is 370 g/mol. The third-order valence-corrected chi connectivity index (χ3v) is 5.69. The molecule has 0 aromatic carbocycles. The molecule has 1 N–H and O–H groups in total. The lowest BCUT2D eigenvalue weighted by Gasteiger charge is -2.29. The van der Waals surface area contributed by atoms with Crippen molar-refractivity contribution in [2.75, 3.05) is 47.0 Å². The molecule has 0 radical (unpaired) electrons. The van der Waals surface area contributed by atoms with Gasteiger partial charge in [0.1, 0.15) is 6.54 Å². The highest BCUT2D eigenvalue weighted by molar-refractivity contribution is 4.50. The molecule has 4 heteroatoms. The fraction of sp³-hybridized carbons (Fsp3) is 1.00. The van der Waals surface area contributed by atoms with Crippen LogP contribution in [0, 0.1) is 0 Å². The second-order valence-corrected chi connectivity index (χ2v) is 9.02. The van der Waals surface area contributed by atoms with E-state index in [9.17, 15) is 0 Å². The number of unbranched alkanes of at least 4 members (excludes halogenated alkanes) is 15. The molecule has 0 aliphatic heterocycles. The molecule has 0 aliphatic rings. The van der Waals surface area contributed by atoms with Gasteiger partial charge in [0, 0.05) is 0 Å². The molecule has 0 saturated heterocycles. The zero-order chi connectivity index (χ0) is 20.1. The number of quaternary nitrogens is 1. The summed E-state index contributed by atoms with van der Waals surface area (Å²) >= 11 is 0. The smallest absolute Gasteiger partial charge is 0.102 e. The Bertz CT molecular complexity index is 288. The Morgan fingerprint density at radius 2 is 0.964 bits per heavy atom. The van der Waals surface area contributed by atoms with Crippen molar-refractivity contribution in [2.45, 2.75) is 110 Å². The Morgan fingerprint density at radius 1 is 0.571 bits per heavy atom. The summed E-state index contributed by atoms with van der Waals surface area (Å²) in [6.07, 6.45) is 22.9. The third-order valence-electron chi connectivity index (χ3n) is 5.69. The standard InChI is InChI=1S/C24H52NO2.ClH/c1-4-5-6-7-8-9-10-11-12-13-14-15-16-17-18-19-20-25(2,3)21-23-27-24-22-26;/h26H,4-24H2,1-3H3;1H/q+1;/p-1. The number of halogens is 1. The minimum absolute atomic E-state index is 0. The van der Waals surface area contributed by atoms with E-state index in [1.807, 2.05) is 0 Å². The van der Waals surface area contributed by atoms with Crippen LogP contribution in [0.5, 0.6) is 0 Å². The lowest BCUT2D eigenvalue weighted by Crippen LogP contribution is -3.00. The molecule has 0 amide bonds. The highest BCUT2D eigenvalue weighted by atomic mass is 35.5. The molecule has 0 rings (SSSR count). The number of hydrogen-bond donors (Lipinski definition) is 1. The quantitative estimate of drug-likeness (QED) is 0.214. The van der Waals surface area contributed by atoms with E-state index < -0.39 is 0 Å². The van der Waals surface area contributed by atoms with Crippen LogP contribution in [-0.4, -0.2) is 56.6 Å². The minimum Gasteiger partial charge on any atom is -1.00 e. The molecule has 0 unspecified atom stereocenters. The lowest BCUT2D eigenvalue weighted by molar-refractivity contribution is -0.891. The van der Waals surface area contributed by atoms with Gasteiger partial charge in [0.05, 0.1) is 40.5 Å². The van der Waals surface area contributed by atoms with Gasteiger partial charge in [-0.3, -0.25) is 0 Å². The first-order valence-electron chi connectivity index (χ1n) is 12.1. The van der Waals surface area contributed by atoms with E-state index >= 15 is 0 Å². The van der Waals surface area contributed by atoms with E-state index in [0.717, 1.165) is 17.6 Å². The van der Waals surface area contributed by atoms with Crippen LogP contribution < -0.4 is 12.4 Å². The van der Waals surface area contributed by atoms with Gasteiger partial charge in [-0.25, -0.2) is 0 Å². The second-order valence-electron chi connectivity index (χ2n) is 9.02. The van der Waals surface area contributed by atoms with E-state index in [0.29, 0.717) is 6.61 Å². The largest absolute Gasteiger partial charge is 1.00 e. The number of hydrogen-bond acceptors (Lipinski definition) is 2. The molecule has 0 fully saturated rings. The maximum atomic E-state index is 8.72. The molecule has 0 spiro atoms. The number of rotatable bonds is 22. The second kappa shape index (κ2) is 23.4. The van der Waals surface area contributed by atoms with E-state index in [1.165, 1.54) is 109 Å². The van der Waals surface area contributed by atoms with Crippen LogP contribution in [0.4, 0.5) is 0 Å². The fourth-order valence-corrected chi connectivity index (χ4v) is 3.68. The fourth-order valence-electron chi connectivity index (χ4n) is 3.68. The molecule has 172 valence electrons. The van der Waals surface area contributed by atoms with Gasteiger partial charge >= 0.3 is 0 Å². The SMILES string of the molecule is CCCCCCCCCCCCCCCCCC[N+](C)(C)CCOCCO.[Cl-]. The Hall–Kier alpha value is 0.170. The number of ether oxygens (including phenoxy) is 1. The Kier molecular flexibility index (Phi) is 25.4. The first-order chi connectivity index (χ1) is 13.1. The van der Waals surface area contributed by atoms with E-state index in [-0.39, 0.29) is 19.0 Å². The first-order valence-corrected chi connectivity index (χ1v) is 12.1. The topological polar surface area (TPSA) is 29.5 Å². The third kappa shape index (κ3) is 24.2. The molecule has 28 heavy (non-hydrogen) atoms. The van der Waals surface area contributed by atoms with Crippen molar-refractivity contribution < 1.29 is 26.7 Å². The van der Waals surface area contributed by atoms with Gasteiger partial charge in [0.2, 0.25) is 0 Å². The first kappa shape index (κ1) is 30.4. The highest BCUT2D eigenvalue weighted by Crippen LogP contribution is 2.14. The summed E-state index contributed by atoms with van der Waals surface area (Å²) < 4.78 is 6.42. The maximum Gasteiger partial charge on any atom is 0.102 e. The average Bonchev–Trinajstić information content (AvgIpc) is 2.65. The summed E-state index contributed by atoms with van der Waals surface area (Å²) in [6.45, 7) is 5.93. The molecule has 0 aromatic heterocycles. The zero-order valence-corrected chi connectivity index (χ0v) is 20.3. The van der Waals surface area contributed by atoms with Crippen LogP contribution in [-0.2, 0) is 4.74 Å². The number of aliphatic hydroxyl groups excluding tert-OH is 1. The monoisotopic (exact) mass is 421 g/mol. The number of likely N-dealkylation sites (N-methyl/N-ethyl adjacent to an activating group) is 1. The van der Waals surface area contributed by atoms with Crippen molar-refractivity contribution >= 4 is 0 Å². The Labute approximate surface area is 183 Å². The Morgan fingerprint density at radius 3 is 1.36 bits per heavy atom. The summed E-state index contributed by atoms with van der Waals surface area (Å²) in [6, 6.07) is 0. The van der Waals surface area contributed by atoms with Crippen LogP contribution in [0.1, 0.15) is 110 Å². The molecule has 0 aromatic rings. The minimum atomic E-state index is 0. The molecule has 3 nitrogen and oxygen atoms in total. The van der Waals surface area contributed by atoms with Gasteiger partial charge in [-0.2, -0.15) is 0 Å². The molecular formula is C24H52ClNO2. The van der Waals surface area contributed by atoms with E-state index in [4.69, 9.17) is 9.84 Å². The summed E-state index contributed by atoms with van der Waals surface area (Å²) in [5.41, 5.74) is 0. The number of nitrogens with zero attached hydrogens (tertiary/aromatic N) is 1. The van der Waals surface area contributed by atoms with Crippen molar-refractivity contribution in [3.8, 4) is 0 Å². The number of aliphatic hydroxyl groups is 1. The van der Waals surface area contributed by atoms with Gasteiger partial charge in [-0.15, -0.1) is 0 Å². The van der Waals surface area contributed by atoms with E-state index in [2.05, 4.69) is 21.0 Å². The maximum absolute atomic E-state index is 8.72. The van der Waals surface area contributed by atoms with E-state index in [1.54, 1.807) is 0 Å². The van der Waals surface area contributed by atoms with Crippen molar-refractivity contribution in [3.63, 3.8) is 0 Å². The summed E-state index contributed by atoms with van der Waals surface area (Å²) in [5, 5.41) is 8.72. The predicted octanol–water partition coefficient (Wildman–Crippen LogP) is 3.34. The van der Waals surface area contributed by atoms with Crippen molar-refractivity contribution in [3.05, 3.63) is 0 Å². The summed E-state index contributed by atoms with van der Waals surface area (Å²) in [4.78, 5) is 0. The summed E-state index contributed by atoms with van der Waals surface area (Å²) in [5.74, 6) is 0. The van der Waals surface area contributed by atoms with Gasteiger partial charge < -0.3 is 26.7 Å². The summed E-state index contributed by atoms with van der Waals surface area (Å²) in [7, 11) is 4.57. The molecule has 0 bridgehead atoms. The van der Waals surface area contributed by atoms with Crippen molar-refractivity contribution in [1.82, 2.24) is 0 Å². The van der Waals surface area contributed by atoms with Crippen LogP contribution >= 0.6 is 0 Å². The Balaban J connectivity index is 0. The zero-order valence-electron chi connectivity index (χ0n) is 19.5. The van der Waals surface area contributed by atoms with Gasteiger partial charge in [-0.1, -0.05) is 96.8 Å². The predicted molar refractivity (Wildman–Crippen MR) is 119 cm³/mol. The van der Waals surface area contributed by atoms with Crippen molar-refractivity contribution in [2.24, 2.45) is 0 Å².